The number of rotatable bonds is 6. The summed E-state index contributed by atoms with van der Waals surface area (Å²) in [6.07, 6.45) is 1.98. The SMILES string of the molecule is Cc1cc(-c2csc(NC(=O)[C@@H](C)OCC3CC3)n2)c(C)o1. The molecule has 0 bridgehead atoms. The molecular weight excluding hydrogens is 300 g/mol. The van der Waals surface area contributed by atoms with Gasteiger partial charge in [-0.05, 0) is 45.6 Å². The van der Waals surface area contributed by atoms with Gasteiger partial charge in [-0.2, -0.15) is 0 Å². The quantitative estimate of drug-likeness (QED) is 0.880. The van der Waals surface area contributed by atoms with Crippen molar-refractivity contribution in [3.05, 3.63) is 23.0 Å². The Bertz CT molecular complexity index is 673. The molecule has 0 unspecified atom stereocenters. The Morgan fingerprint density at radius 1 is 1.55 bits per heavy atom. The number of hydrogen-bond donors (Lipinski definition) is 1. The van der Waals surface area contributed by atoms with E-state index >= 15 is 0 Å². The number of amides is 1. The Morgan fingerprint density at radius 2 is 2.32 bits per heavy atom. The lowest BCUT2D eigenvalue weighted by molar-refractivity contribution is -0.126. The summed E-state index contributed by atoms with van der Waals surface area (Å²) >= 11 is 1.40. The molecule has 1 atom stereocenters. The lowest BCUT2D eigenvalue weighted by atomic mass is 10.2. The third kappa shape index (κ3) is 3.56. The fourth-order valence-corrected chi connectivity index (χ4v) is 2.90. The summed E-state index contributed by atoms with van der Waals surface area (Å²) in [4.78, 5) is 16.5. The molecule has 3 rings (SSSR count). The van der Waals surface area contributed by atoms with E-state index < -0.39 is 6.10 Å². The zero-order valence-electron chi connectivity index (χ0n) is 13.0. The van der Waals surface area contributed by atoms with Crippen LogP contribution in [0.5, 0.6) is 0 Å². The van der Waals surface area contributed by atoms with Crippen molar-refractivity contribution in [2.75, 3.05) is 11.9 Å². The van der Waals surface area contributed by atoms with Gasteiger partial charge in [-0.15, -0.1) is 11.3 Å². The predicted molar refractivity (Wildman–Crippen MR) is 86.1 cm³/mol. The van der Waals surface area contributed by atoms with Crippen LogP contribution in [-0.2, 0) is 9.53 Å². The monoisotopic (exact) mass is 320 g/mol. The van der Waals surface area contributed by atoms with Crippen molar-refractivity contribution in [1.29, 1.82) is 0 Å². The Morgan fingerprint density at radius 3 is 2.95 bits per heavy atom. The summed E-state index contributed by atoms with van der Waals surface area (Å²) in [5.41, 5.74) is 1.79. The minimum atomic E-state index is -0.453. The lowest BCUT2D eigenvalue weighted by Gasteiger charge is -2.11. The summed E-state index contributed by atoms with van der Waals surface area (Å²) in [7, 11) is 0. The van der Waals surface area contributed by atoms with Crippen LogP contribution in [0, 0.1) is 19.8 Å². The van der Waals surface area contributed by atoms with Crippen LogP contribution >= 0.6 is 11.3 Å². The Hall–Kier alpha value is -1.66. The second-order valence-corrected chi connectivity index (χ2v) is 6.63. The second kappa shape index (κ2) is 6.22. The van der Waals surface area contributed by atoms with Crippen LogP contribution in [0.1, 0.15) is 31.3 Å². The minimum absolute atomic E-state index is 0.151. The molecule has 0 saturated heterocycles. The first-order valence-electron chi connectivity index (χ1n) is 7.48. The van der Waals surface area contributed by atoms with Crippen molar-refractivity contribution >= 4 is 22.4 Å². The molecular formula is C16H20N2O3S. The van der Waals surface area contributed by atoms with Crippen molar-refractivity contribution < 1.29 is 13.9 Å². The molecule has 118 valence electrons. The summed E-state index contributed by atoms with van der Waals surface area (Å²) in [6, 6.07) is 1.96. The minimum Gasteiger partial charge on any atom is -0.466 e. The number of anilines is 1. The molecule has 0 radical (unpaired) electrons. The molecule has 1 aliphatic rings. The van der Waals surface area contributed by atoms with E-state index in [1.807, 2.05) is 25.3 Å². The Kier molecular flexibility index (Phi) is 4.31. The van der Waals surface area contributed by atoms with Crippen molar-refractivity contribution in [3.8, 4) is 11.3 Å². The molecule has 0 spiro atoms. The molecule has 2 aromatic rings. The molecule has 1 aliphatic carbocycles. The van der Waals surface area contributed by atoms with Gasteiger partial charge < -0.3 is 9.15 Å². The molecule has 0 aromatic carbocycles. The van der Waals surface area contributed by atoms with E-state index in [9.17, 15) is 4.79 Å². The standard InChI is InChI=1S/C16H20N2O3S/c1-9-6-13(10(2)21-9)14-8-22-16(17-14)18-15(19)11(3)20-7-12-4-5-12/h6,8,11-12H,4-5,7H2,1-3H3,(H,17,18,19)/t11-/m1/s1. The molecule has 1 amide bonds. The van der Waals surface area contributed by atoms with Crippen LogP contribution in [0.15, 0.2) is 15.9 Å². The second-order valence-electron chi connectivity index (χ2n) is 5.77. The molecule has 1 fully saturated rings. The lowest BCUT2D eigenvalue weighted by Crippen LogP contribution is -2.28. The van der Waals surface area contributed by atoms with Gasteiger partial charge >= 0.3 is 0 Å². The number of hydrogen-bond acceptors (Lipinski definition) is 5. The number of carbonyl (C=O) groups excluding carboxylic acids is 1. The summed E-state index contributed by atoms with van der Waals surface area (Å²) < 4.78 is 11.1. The van der Waals surface area contributed by atoms with Crippen LogP contribution in [0.2, 0.25) is 0 Å². The van der Waals surface area contributed by atoms with E-state index in [1.54, 1.807) is 6.92 Å². The highest BCUT2D eigenvalue weighted by molar-refractivity contribution is 7.14. The summed E-state index contributed by atoms with van der Waals surface area (Å²) in [5.74, 6) is 2.19. The van der Waals surface area contributed by atoms with Crippen LogP contribution in [0.3, 0.4) is 0 Å². The van der Waals surface area contributed by atoms with Gasteiger partial charge in [0.25, 0.3) is 5.91 Å². The van der Waals surface area contributed by atoms with E-state index in [4.69, 9.17) is 9.15 Å². The summed E-state index contributed by atoms with van der Waals surface area (Å²) in [5, 5.41) is 5.32. The Labute approximate surface area is 133 Å². The predicted octanol–water partition coefficient (Wildman–Crippen LogP) is 3.77. The van der Waals surface area contributed by atoms with Crippen LogP contribution < -0.4 is 5.32 Å². The Balaban J connectivity index is 1.61. The maximum atomic E-state index is 12.1. The average Bonchev–Trinajstić information content (AvgIpc) is 3.10. The fraction of sp³-hybridized carbons (Fsp3) is 0.500. The first kappa shape index (κ1) is 15.2. The molecule has 1 saturated carbocycles. The maximum Gasteiger partial charge on any atom is 0.254 e. The zero-order valence-corrected chi connectivity index (χ0v) is 13.8. The third-order valence-corrected chi connectivity index (χ3v) is 4.46. The number of nitrogens with zero attached hydrogens (tertiary/aromatic N) is 1. The number of thiazole rings is 1. The van der Waals surface area contributed by atoms with Crippen molar-refractivity contribution in [2.45, 2.75) is 39.7 Å². The van der Waals surface area contributed by atoms with Gasteiger partial charge in [-0.1, -0.05) is 0 Å². The van der Waals surface area contributed by atoms with Gasteiger partial charge in [-0.25, -0.2) is 4.98 Å². The van der Waals surface area contributed by atoms with Crippen molar-refractivity contribution in [3.63, 3.8) is 0 Å². The van der Waals surface area contributed by atoms with E-state index in [2.05, 4.69) is 10.3 Å². The van der Waals surface area contributed by atoms with E-state index in [0.717, 1.165) is 22.8 Å². The summed E-state index contributed by atoms with van der Waals surface area (Å²) in [6.45, 7) is 6.26. The molecule has 2 heterocycles. The molecule has 22 heavy (non-hydrogen) atoms. The first-order chi connectivity index (χ1) is 10.5. The molecule has 5 nitrogen and oxygen atoms in total. The van der Waals surface area contributed by atoms with Gasteiger partial charge in [0.15, 0.2) is 5.13 Å². The van der Waals surface area contributed by atoms with Gasteiger partial charge in [0.1, 0.15) is 17.6 Å². The number of nitrogens with one attached hydrogen (secondary N) is 1. The molecule has 2 aromatic heterocycles. The highest BCUT2D eigenvalue weighted by Crippen LogP contribution is 2.30. The smallest absolute Gasteiger partial charge is 0.254 e. The van der Waals surface area contributed by atoms with E-state index in [1.165, 1.54) is 24.2 Å². The number of furan rings is 1. The number of ether oxygens (including phenoxy) is 1. The van der Waals surface area contributed by atoms with E-state index in [0.29, 0.717) is 17.7 Å². The fourth-order valence-electron chi connectivity index (χ4n) is 2.19. The highest BCUT2D eigenvalue weighted by atomic mass is 32.1. The van der Waals surface area contributed by atoms with Crippen LogP contribution in [0.25, 0.3) is 11.3 Å². The number of aryl methyl sites for hydroxylation is 2. The van der Waals surface area contributed by atoms with Gasteiger partial charge in [-0.3, -0.25) is 10.1 Å². The first-order valence-corrected chi connectivity index (χ1v) is 8.36. The van der Waals surface area contributed by atoms with Gasteiger partial charge in [0.2, 0.25) is 0 Å². The average molecular weight is 320 g/mol. The zero-order chi connectivity index (χ0) is 15.7. The van der Waals surface area contributed by atoms with E-state index in [-0.39, 0.29) is 5.91 Å². The van der Waals surface area contributed by atoms with Crippen LogP contribution in [0.4, 0.5) is 5.13 Å². The largest absolute Gasteiger partial charge is 0.466 e. The molecule has 0 aliphatic heterocycles. The molecule has 6 heteroatoms. The number of aromatic nitrogens is 1. The molecule has 1 N–H and O–H groups in total. The highest BCUT2D eigenvalue weighted by Gasteiger charge is 2.24. The van der Waals surface area contributed by atoms with Crippen molar-refractivity contribution in [1.82, 2.24) is 4.98 Å². The van der Waals surface area contributed by atoms with Gasteiger partial charge in [0.05, 0.1) is 12.3 Å². The number of carbonyl (C=O) groups is 1. The third-order valence-electron chi connectivity index (χ3n) is 3.70. The maximum absolute atomic E-state index is 12.1. The van der Waals surface area contributed by atoms with Crippen LogP contribution in [-0.4, -0.2) is 23.6 Å². The topological polar surface area (TPSA) is 64.4 Å². The van der Waals surface area contributed by atoms with Crippen molar-refractivity contribution in [2.24, 2.45) is 5.92 Å². The van der Waals surface area contributed by atoms with Gasteiger partial charge in [0, 0.05) is 10.9 Å². The normalized spacial score (nSPS) is 15.8.